The maximum Gasteiger partial charge on any atom is 0.347 e. The van der Waals surface area contributed by atoms with Gasteiger partial charge in [-0.3, -0.25) is 4.57 Å². The van der Waals surface area contributed by atoms with Gasteiger partial charge >= 0.3 is 11.7 Å². The lowest BCUT2D eigenvalue weighted by molar-refractivity contribution is 0.188. The van der Waals surface area contributed by atoms with E-state index in [0.29, 0.717) is 23.8 Å². The Morgan fingerprint density at radius 2 is 1.94 bits per heavy atom. The lowest BCUT2D eigenvalue weighted by Crippen LogP contribution is -2.42. The van der Waals surface area contributed by atoms with Crippen molar-refractivity contribution in [2.45, 2.75) is 32.5 Å². The summed E-state index contributed by atoms with van der Waals surface area (Å²) in [6.45, 7) is 2.89. The SMILES string of the molecule is C[C@@H](Cc1cccs1)N(Cc1ccc(Cl)cc1)C(=O)Nc1cccc(Cn2cccnc2=O)c1. The van der Waals surface area contributed by atoms with Crippen molar-refractivity contribution in [1.82, 2.24) is 14.5 Å². The van der Waals surface area contributed by atoms with Gasteiger partial charge in [-0.05, 0) is 59.8 Å². The van der Waals surface area contributed by atoms with Crippen molar-refractivity contribution in [2.75, 3.05) is 5.32 Å². The van der Waals surface area contributed by atoms with Gasteiger partial charge in [-0.1, -0.05) is 41.9 Å². The number of nitrogens with zero attached hydrogens (tertiary/aromatic N) is 3. The molecule has 0 saturated carbocycles. The van der Waals surface area contributed by atoms with Crippen LogP contribution in [0.4, 0.5) is 10.5 Å². The van der Waals surface area contributed by atoms with Crippen LogP contribution < -0.4 is 11.0 Å². The van der Waals surface area contributed by atoms with Gasteiger partial charge in [0.2, 0.25) is 0 Å². The standard InChI is InChI=1S/C26H25ClN4O2S/c1-19(15-24-7-3-14-34-24)31(18-20-8-10-22(27)11-9-20)26(33)29-23-6-2-5-21(16-23)17-30-13-4-12-28-25(30)32/h2-14,16,19H,15,17-18H2,1H3,(H,29,33)/t19-/m0/s1. The number of amides is 2. The summed E-state index contributed by atoms with van der Waals surface area (Å²) < 4.78 is 1.52. The largest absolute Gasteiger partial charge is 0.347 e. The zero-order chi connectivity index (χ0) is 23.9. The average molecular weight is 493 g/mol. The highest BCUT2D eigenvalue weighted by atomic mass is 35.5. The van der Waals surface area contributed by atoms with Crippen molar-refractivity contribution in [3.8, 4) is 0 Å². The molecular weight excluding hydrogens is 468 g/mol. The number of hydrogen-bond acceptors (Lipinski definition) is 4. The number of thiophene rings is 1. The molecule has 2 aromatic carbocycles. The molecule has 6 nitrogen and oxygen atoms in total. The summed E-state index contributed by atoms with van der Waals surface area (Å²) >= 11 is 7.73. The van der Waals surface area contributed by atoms with Crippen molar-refractivity contribution in [2.24, 2.45) is 0 Å². The van der Waals surface area contributed by atoms with Crippen LogP contribution in [0.3, 0.4) is 0 Å². The third-order valence-electron chi connectivity index (χ3n) is 5.45. The number of benzene rings is 2. The molecule has 174 valence electrons. The number of carbonyl (C=O) groups excluding carboxylic acids is 1. The first kappa shape index (κ1) is 23.7. The Balaban J connectivity index is 1.51. The number of aromatic nitrogens is 2. The van der Waals surface area contributed by atoms with Crippen LogP contribution in [0.5, 0.6) is 0 Å². The second-order valence-electron chi connectivity index (χ2n) is 8.05. The van der Waals surface area contributed by atoms with Gasteiger partial charge in [-0.2, -0.15) is 0 Å². The van der Waals surface area contributed by atoms with Gasteiger partial charge in [0, 0.05) is 47.0 Å². The van der Waals surface area contributed by atoms with Crippen molar-refractivity contribution in [1.29, 1.82) is 0 Å². The van der Waals surface area contributed by atoms with Gasteiger partial charge in [0.25, 0.3) is 0 Å². The predicted octanol–water partition coefficient (Wildman–Crippen LogP) is 5.67. The number of carbonyl (C=O) groups is 1. The van der Waals surface area contributed by atoms with Crippen LogP contribution in [-0.2, 0) is 19.5 Å². The second-order valence-corrected chi connectivity index (χ2v) is 9.52. The van der Waals surface area contributed by atoms with Crippen LogP contribution in [0.1, 0.15) is 22.9 Å². The molecule has 0 aliphatic carbocycles. The van der Waals surface area contributed by atoms with E-state index in [2.05, 4.69) is 23.3 Å². The van der Waals surface area contributed by atoms with Crippen molar-refractivity contribution in [3.05, 3.63) is 116 Å². The first-order valence-corrected chi connectivity index (χ1v) is 12.2. The number of rotatable bonds is 8. The Bertz CT molecular complexity index is 1290. The number of hydrogen-bond donors (Lipinski definition) is 1. The Kier molecular flexibility index (Phi) is 7.77. The molecule has 8 heteroatoms. The molecule has 1 N–H and O–H groups in total. The van der Waals surface area contributed by atoms with Crippen LogP contribution in [0.15, 0.2) is 89.3 Å². The number of anilines is 1. The van der Waals surface area contributed by atoms with Crippen molar-refractivity contribution >= 4 is 34.7 Å². The fraction of sp³-hybridized carbons (Fsp3) is 0.192. The summed E-state index contributed by atoms with van der Waals surface area (Å²) in [4.78, 5) is 32.2. The topological polar surface area (TPSA) is 67.2 Å². The molecule has 2 aromatic heterocycles. The van der Waals surface area contributed by atoms with Crippen LogP contribution >= 0.6 is 22.9 Å². The lowest BCUT2D eigenvalue weighted by Gasteiger charge is -2.29. The van der Waals surface area contributed by atoms with E-state index in [4.69, 9.17) is 11.6 Å². The van der Waals surface area contributed by atoms with Gasteiger partial charge in [0.05, 0.1) is 6.54 Å². The Morgan fingerprint density at radius 1 is 1.12 bits per heavy atom. The molecule has 0 fully saturated rings. The van der Waals surface area contributed by atoms with Crippen LogP contribution in [0.25, 0.3) is 0 Å². The highest BCUT2D eigenvalue weighted by Crippen LogP contribution is 2.20. The third-order valence-corrected chi connectivity index (χ3v) is 6.60. The van der Waals surface area contributed by atoms with Gasteiger partial charge in [0.15, 0.2) is 0 Å². The number of nitrogens with one attached hydrogen (secondary N) is 1. The third kappa shape index (κ3) is 6.34. The average Bonchev–Trinajstić information content (AvgIpc) is 3.33. The minimum Gasteiger partial charge on any atom is -0.317 e. The summed E-state index contributed by atoms with van der Waals surface area (Å²) in [5, 5.41) is 5.75. The Labute approximate surface area is 207 Å². The molecule has 0 unspecified atom stereocenters. The maximum absolute atomic E-state index is 13.4. The van der Waals surface area contributed by atoms with Crippen molar-refractivity contribution in [3.63, 3.8) is 0 Å². The molecule has 4 aromatic rings. The smallest absolute Gasteiger partial charge is 0.317 e. The van der Waals surface area contributed by atoms with Gasteiger partial charge in [-0.15, -0.1) is 11.3 Å². The molecule has 0 spiro atoms. The van der Waals surface area contributed by atoms with Crippen LogP contribution in [0, 0.1) is 0 Å². The highest BCUT2D eigenvalue weighted by molar-refractivity contribution is 7.09. The monoisotopic (exact) mass is 492 g/mol. The zero-order valence-electron chi connectivity index (χ0n) is 18.7. The molecule has 2 amide bonds. The summed E-state index contributed by atoms with van der Waals surface area (Å²) in [5.41, 5.74) is 2.25. The Morgan fingerprint density at radius 3 is 2.68 bits per heavy atom. The first-order valence-electron chi connectivity index (χ1n) is 10.9. The molecule has 1 atom stereocenters. The molecule has 0 radical (unpaired) electrons. The summed E-state index contributed by atoms with van der Waals surface area (Å²) in [7, 11) is 0. The minimum absolute atomic E-state index is 0.0218. The highest BCUT2D eigenvalue weighted by Gasteiger charge is 2.21. The number of halogens is 1. The lowest BCUT2D eigenvalue weighted by atomic mass is 10.1. The van der Waals surface area contributed by atoms with Gasteiger partial charge < -0.3 is 10.2 Å². The molecule has 0 saturated heterocycles. The summed E-state index contributed by atoms with van der Waals surface area (Å²) in [6, 6.07) is 20.7. The molecule has 0 bridgehead atoms. The van der Waals surface area contributed by atoms with Gasteiger partial charge in [-0.25, -0.2) is 14.6 Å². The van der Waals surface area contributed by atoms with Gasteiger partial charge in [0.1, 0.15) is 0 Å². The fourth-order valence-corrected chi connectivity index (χ4v) is 4.64. The van der Waals surface area contributed by atoms with Crippen LogP contribution in [0.2, 0.25) is 5.02 Å². The molecule has 0 aliphatic rings. The molecule has 4 rings (SSSR count). The van der Waals surface area contributed by atoms with Crippen LogP contribution in [-0.4, -0.2) is 26.5 Å². The minimum atomic E-state index is -0.312. The predicted molar refractivity (Wildman–Crippen MR) is 138 cm³/mol. The van der Waals surface area contributed by atoms with E-state index in [9.17, 15) is 9.59 Å². The van der Waals surface area contributed by atoms with Crippen molar-refractivity contribution < 1.29 is 4.79 Å². The zero-order valence-corrected chi connectivity index (χ0v) is 20.3. The quantitative estimate of drug-likeness (QED) is 0.344. The maximum atomic E-state index is 13.4. The first-order chi connectivity index (χ1) is 16.5. The second kappa shape index (κ2) is 11.1. The molecule has 0 aliphatic heterocycles. The Hall–Kier alpha value is -3.42. The van der Waals surface area contributed by atoms with E-state index in [1.165, 1.54) is 15.6 Å². The van der Waals surface area contributed by atoms with E-state index >= 15 is 0 Å². The molecule has 34 heavy (non-hydrogen) atoms. The molecular formula is C26H25ClN4O2S. The normalized spacial score (nSPS) is 11.7. The number of urea groups is 1. The summed E-state index contributed by atoms with van der Waals surface area (Å²) in [6.07, 6.45) is 3.94. The molecule has 2 heterocycles. The fourth-order valence-electron chi connectivity index (χ4n) is 3.69. The van der Waals surface area contributed by atoms with E-state index < -0.39 is 0 Å². The summed E-state index contributed by atoms with van der Waals surface area (Å²) in [5.74, 6) is 0. The van der Waals surface area contributed by atoms with E-state index in [-0.39, 0.29) is 17.8 Å². The van der Waals surface area contributed by atoms with E-state index in [1.807, 2.05) is 64.9 Å². The van der Waals surface area contributed by atoms with E-state index in [1.54, 1.807) is 23.6 Å². The van der Waals surface area contributed by atoms with E-state index in [0.717, 1.165) is 17.5 Å².